The number of esters is 1. The van der Waals surface area contributed by atoms with E-state index in [1.54, 1.807) is 31.3 Å². The molecule has 1 amide bonds. The van der Waals surface area contributed by atoms with Crippen LogP contribution in [0.3, 0.4) is 0 Å². The number of hydrogen-bond donors (Lipinski definition) is 0. The molecular formula is C32H47NO7. The second-order valence-corrected chi connectivity index (χ2v) is 10.7. The lowest BCUT2D eigenvalue weighted by Gasteiger charge is -2.39. The van der Waals surface area contributed by atoms with Gasteiger partial charge in [0.25, 0.3) is 0 Å². The predicted octanol–water partition coefficient (Wildman–Crippen LogP) is 5.84. The van der Waals surface area contributed by atoms with Crippen molar-refractivity contribution < 1.29 is 33.3 Å². The van der Waals surface area contributed by atoms with E-state index in [1.165, 1.54) is 6.42 Å². The average Bonchev–Trinajstić information content (AvgIpc) is 2.97. The van der Waals surface area contributed by atoms with Gasteiger partial charge in [0.2, 0.25) is 11.7 Å². The molecule has 0 unspecified atom stereocenters. The smallest absolute Gasteiger partial charge is 0.329 e. The summed E-state index contributed by atoms with van der Waals surface area (Å²) in [4.78, 5) is 29.5. The zero-order valence-electron chi connectivity index (χ0n) is 24.5. The summed E-state index contributed by atoms with van der Waals surface area (Å²) in [6.07, 6.45) is 11.3. The third-order valence-electron chi connectivity index (χ3n) is 7.81. The van der Waals surface area contributed by atoms with Crippen LogP contribution in [0.2, 0.25) is 0 Å². The molecule has 2 aliphatic rings. The molecule has 1 aromatic carbocycles. The van der Waals surface area contributed by atoms with Gasteiger partial charge < -0.3 is 28.6 Å². The first-order chi connectivity index (χ1) is 19.4. The summed E-state index contributed by atoms with van der Waals surface area (Å²) in [5.41, 5.74) is 0.814. The summed E-state index contributed by atoms with van der Waals surface area (Å²) in [6, 6.07) is 3.20. The fraction of sp³-hybridized carbons (Fsp3) is 0.625. The van der Waals surface area contributed by atoms with Crippen LogP contribution in [0.4, 0.5) is 0 Å². The van der Waals surface area contributed by atoms with Gasteiger partial charge in [0.05, 0.1) is 33.4 Å². The van der Waals surface area contributed by atoms with Crippen LogP contribution in [0.5, 0.6) is 17.2 Å². The molecule has 1 aromatic rings. The predicted molar refractivity (Wildman–Crippen MR) is 155 cm³/mol. The number of nitrogens with zero attached hydrogens (tertiary/aromatic N) is 1. The number of amides is 1. The molecule has 8 heteroatoms. The van der Waals surface area contributed by atoms with Crippen molar-refractivity contribution in [3.63, 3.8) is 0 Å². The second kappa shape index (κ2) is 16.3. The van der Waals surface area contributed by atoms with E-state index in [4.69, 9.17) is 23.7 Å². The fourth-order valence-corrected chi connectivity index (χ4v) is 5.88. The van der Waals surface area contributed by atoms with E-state index < -0.39 is 12.0 Å². The Labute approximate surface area is 239 Å². The molecule has 40 heavy (non-hydrogen) atoms. The quantitative estimate of drug-likeness (QED) is 0.152. The van der Waals surface area contributed by atoms with E-state index in [0.717, 1.165) is 44.1 Å². The van der Waals surface area contributed by atoms with Crippen LogP contribution in [0, 0.1) is 5.92 Å². The number of rotatable bonds is 15. The van der Waals surface area contributed by atoms with E-state index >= 15 is 0 Å². The number of likely N-dealkylation sites (tertiary alicyclic amines) is 1. The molecule has 1 saturated heterocycles. The molecule has 0 spiro atoms. The Hall–Kier alpha value is -3.00. The van der Waals surface area contributed by atoms with Crippen LogP contribution < -0.4 is 14.2 Å². The van der Waals surface area contributed by atoms with Crippen LogP contribution in [-0.4, -0.2) is 69.5 Å². The zero-order valence-corrected chi connectivity index (χ0v) is 24.5. The maximum atomic E-state index is 14.5. The molecule has 222 valence electrons. The van der Waals surface area contributed by atoms with Crippen molar-refractivity contribution in [2.75, 3.05) is 40.6 Å². The molecule has 1 heterocycles. The van der Waals surface area contributed by atoms with Gasteiger partial charge in [-0.2, -0.15) is 0 Å². The molecule has 0 aromatic heterocycles. The van der Waals surface area contributed by atoms with Gasteiger partial charge in [-0.3, -0.25) is 4.79 Å². The highest BCUT2D eigenvalue weighted by molar-refractivity contribution is 5.89. The molecule has 1 aliphatic heterocycles. The number of ether oxygens (including phenoxy) is 5. The Morgan fingerprint density at radius 2 is 1.70 bits per heavy atom. The number of methoxy groups -OCH3 is 2. The van der Waals surface area contributed by atoms with Crippen LogP contribution >= 0.6 is 0 Å². The van der Waals surface area contributed by atoms with Crippen molar-refractivity contribution in [2.45, 2.75) is 82.8 Å². The number of benzene rings is 1. The van der Waals surface area contributed by atoms with Gasteiger partial charge in [-0.15, -0.1) is 13.2 Å². The lowest BCUT2D eigenvalue weighted by atomic mass is 9.75. The molecule has 0 N–H and O–H groups in total. The average molecular weight is 558 g/mol. The Kier molecular flexibility index (Phi) is 12.9. The Morgan fingerprint density at radius 3 is 2.38 bits per heavy atom. The zero-order chi connectivity index (χ0) is 28.9. The summed E-state index contributed by atoms with van der Waals surface area (Å²) in [5.74, 6) is 0.836. The minimum atomic E-state index is -0.586. The van der Waals surface area contributed by atoms with E-state index in [0.29, 0.717) is 56.5 Å². The maximum absolute atomic E-state index is 14.5. The lowest BCUT2D eigenvalue weighted by Crippen LogP contribution is -2.51. The largest absolute Gasteiger partial charge is 0.493 e. The monoisotopic (exact) mass is 557 g/mol. The second-order valence-electron chi connectivity index (χ2n) is 10.7. The number of carbonyl (C=O) groups excluding carboxylic acids is 2. The van der Waals surface area contributed by atoms with Crippen molar-refractivity contribution in [3.05, 3.63) is 43.0 Å². The third-order valence-corrected chi connectivity index (χ3v) is 7.81. The first-order valence-electron chi connectivity index (χ1n) is 14.6. The van der Waals surface area contributed by atoms with Crippen LogP contribution in [0.25, 0.3) is 0 Å². The minimum absolute atomic E-state index is 0.0302. The number of piperidine rings is 1. The highest BCUT2D eigenvalue weighted by Gasteiger charge is 2.41. The number of hydrogen-bond acceptors (Lipinski definition) is 7. The van der Waals surface area contributed by atoms with Gasteiger partial charge in [0.15, 0.2) is 11.5 Å². The molecule has 3 atom stereocenters. The molecular weight excluding hydrogens is 510 g/mol. The highest BCUT2D eigenvalue weighted by atomic mass is 16.6. The van der Waals surface area contributed by atoms with Gasteiger partial charge in [-0.05, 0) is 62.6 Å². The summed E-state index contributed by atoms with van der Waals surface area (Å²) in [6.45, 7) is 10.9. The Bertz CT molecular complexity index is 988. The summed E-state index contributed by atoms with van der Waals surface area (Å²) < 4.78 is 28.6. The van der Waals surface area contributed by atoms with E-state index in [2.05, 4.69) is 13.2 Å². The van der Waals surface area contributed by atoms with Crippen molar-refractivity contribution in [1.29, 1.82) is 0 Å². The molecule has 2 fully saturated rings. The maximum Gasteiger partial charge on any atom is 0.329 e. The number of carbonyl (C=O) groups is 2. The van der Waals surface area contributed by atoms with Gasteiger partial charge in [0, 0.05) is 13.0 Å². The molecule has 1 aliphatic carbocycles. The van der Waals surface area contributed by atoms with Crippen molar-refractivity contribution in [2.24, 2.45) is 5.92 Å². The minimum Gasteiger partial charge on any atom is -0.493 e. The normalized spacial score (nSPS) is 19.3. The van der Waals surface area contributed by atoms with Crippen molar-refractivity contribution in [1.82, 2.24) is 4.90 Å². The molecule has 0 radical (unpaired) electrons. The Balaban J connectivity index is 1.96. The Morgan fingerprint density at radius 1 is 0.975 bits per heavy atom. The molecule has 0 bridgehead atoms. The van der Waals surface area contributed by atoms with Gasteiger partial charge in [0.1, 0.15) is 18.8 Å². The summed E-state index contributed by atoms with van der Waals surface area (Å²) >= 11 is 0. The van der Waals surface area contributed by atoms with E-state index in [1.807, 2.05) is 19.1 Å². The van der Waals surface area contributed by atoms with E-state index in [-0.39, 0.29) is 23.9 Å². The van der Waals surface area contributed by atoms with Crippen LogP contribution in [0.15, 0.2) is 37.4 Å². The standard InChI is InChI=1S/C32H47NO7/c1-6-13-23(3)40-32(35)26-16-11-12-17-33(26)31(34)29(24-14-9-8-10-15-24)25-21-27(36-4)30(37-5)28(22-25)39-20-19-38-18-7-2/h6-7,21-24,26,29H,1-2,8-20H2,3-5H3/t23-,26+,29+/m1/s1. The van der Waals surface area contributed by atoms with Crippen molar-refractivity contribution in [3.8, 4) is 17.2 Å². The van der Waals surface area contributed by atoms with Crippen LogP contribution in [-0.2, 0) is 19.1 Å². The molecule has 3 rings (SSSR count). The summed E-state index contributed by atoms with van der Waals surface area (Å²) in [7, 11) is 3.15. The van der Waals surface area contributed by atoms with Crippen LogP contribution in [0.1, 0.15) is 76.2 Å². The van der Waals surface area contributed by atoms with Gasteiger partial charge in [-0.1, -0.05) is 31.4 Å². The SMILES string of the molecule is C=CCOCCOc1cc([C@@H](C(=O)N2CCCC[C@H]2C(=O)O[C@H](C)CC=C)C2CCCCC2)cc(OC)c1OC. The van der Waals surface area contributed by atoms with Gasteiger partial charge in [-0.25, -0.2) is 4.79 Å². The first-order valence-corrected chi connectivity index (χ1v) is 14.6. The molecule has 8 nitrogen and oxygen atoms in total. The van der Waals surface area contributed by atoms with E-state index in [9.17, 15) is 9.59 Å². The third kappa shape index (κ3) is 8.26. The topological polar surface area (TPSA) is 83.5 Å². The lowest BCUT2D eigenvalue weighted by molar-refractivity contribution is -0.161. The first kappa shape index (κ1) is 31.5. The summed E-state index contributed by atoms with van der Waals surface area (Å²) in [5, 5.41) is 0. The molecule has 1 saturated carbocycles. The highest BCUT2D eigenvalue weighted by Crippen LogP contribution is 2.45. The fourth-order valence-electron chi connectivity index (χ4n) is 5.88. The van der Waals surface area contributed by atoms with Crippen molar-refractivity contribution >= 4 is 11.9 Å². The van der Waals surface area contributed by atoms with Gasteiger partial charge >= 0.3 is 5.97 Å².